The van der Waals surface area contributed by atoms with Crippen molar-refractivity contribution in [3.8, 4) is 0 Å². The molecule has 0 aliphatic heterocycles. The van der Waals surface area contributed by atoms with Crippen molar-refractivity contribution < 1.29 is 9.90 Å². The van der Waals surface area contributed by atoms with Crippen LogP contribution in [0.25, 0.3) is 0 Å². The predicted octanol–water partition coefficient (Wildman–Crippen LogP) is 3.00. The Morgan fingerprint density at radius 3 is 2.84 bits per heavy atom. The maximum atomic E-state index is 10.8. The van der Waals surface area contributed by atoms with Crippen LogP contribution in [0.4, 0.5) is 5.82 Å². The number of rotatable bonds is 4. The first-order valence-corrected chi connectivity index (χ1v) is 6.01. The number of carboxylic acids is 1. The normalized spacial score (nSPS) is 11.9. The molecule has 1 atom stereocenters. The van der Waals surface area contributed by atoms with E-state index in [1.54, 1.807) is 12.4 Å². The third-order valence-electron chi connectivity index (χ3n) is 2.63. The minimum absolute atomic E-state index is 0.0330. The third-order valence-corrected chi connectivity index (χ3v) is 2.91. The molecule has 0 aliphatic rings. The topological polar surface area (TPSA) is 75.1 Å². The van der Waals surface area contributed by atoms with E-state index in [2.05, 4.69) is 15.3 Å². The van der Waals surface area contributed by atoms with Crippen LogP contribution in [0.1, 0.15) is 28.9 Å². The Hall–Kier alpha value is -2.14. The van der Waals surface area contributed by atoms with Crippen LogP contribution in [0.2, 0.25) is 5.02 Å². The number of halogens is 1. The zero-order chi connectivity index (χ0) is 13.8. The lowest BCUT2D eigenvalue weighted by atomic mass is 10.1. The molecule has 2 heterocycles. The molecule has 0 aromatic carbocycles. The summed E-state index contributed by atoms with van der Waals surface area (Å²) in [5.41, 5.74) is 1.05. The number of aromatic nitrogens is 2. The van der Waals surface area contributed by atoms with Gasteiger partial charge >= 0.3 is 5.97 Å². The average Bonchev–Trinajstić information content (AvgIpc) is 2.41. The van der Waals surface area contributed by atoms with Gasteiger partial charge in [-0.3, -0.25) is 4.98 Å². The van der Waals surface area contributed by atoms with Gasteiger partial charge in [0.25, 0.3) is 0 Å². The first-order chi connectivity index (χ1) is 9.08. The fourth-order valence-corrected chi connectivity index (χ4v) is 1.80. The Bertz CT molecular complexity index is 590. The first-order valence-electron chi connectivity index (χ1n) is 5.63. The minimum atomic E-state index is -1.05. The van der Waals surface area contributed by atoms with Gasteiger partial charge in [-0.15, -0.1) is 0 Å². The Morgan fingerprint density at radius 1 is 1.47 bits per heavy atom. The Morgan fingerprint density at radius 2 is 2.26 bits per heavy atom. The third kappa shape index (κ3) is 3.20. The van der Waals surface area contributed by atoms with Crippen LogP contribution in [0.15, 0.2) is 36.8 Å². The molecule has 5 nitrogen and oxygen atoms in total. The summed E-state index contributed by atoms with van der Waals surface area (Å²) in [6, 6.07) is 5.12. The summed E-state index contributed by atoms with van der Waals surface area (Å²) in [4.78, 5) is 18.8. The van der Waals surface area contributed by atoms with E-state index in [1.165, 1.54) is 12.3 Å². The standard InChI is InChI=1S/C13H12ClN3O2/c1-8(9-3-2-4-15-6-9)17-12-11(14)5-10(7-16-12)13(18)19/h2-8H,1H3,(H,16,17)(H,18,19)/t8-/m0/s1. The van der Waals surface area contributed by atoms with E-state index in [-0.39, 0.29) is 16.6 Å². The molecule has 2 aromatic heterocycles. The number of carbonyl (C=O) groups is 1. The van der Waals surface area contributed by atoms with Crippen LogP contribution in [0.3, 0.4) is 0 Å². The summed E-state index contributed by atoms with van der Waals surface area (Å²) in [5.74, 6) is -0.607. The molecule has 2 aromatic rings. The molecule has 0 fully saturated rings. The van der Waals surface area contributed by atoms with Gasteiger partial charge in [0, 0.05) is 18.6 Å². The van der Waals surface area contributed by atoms with Gasteiger partial charge in [-0.1, -0.05) is 17.7 Å². The number of nitrogens with zero attached hydrogens (tertiary/aromatic N) is 2. The quantitative estimate of drug-likeness (QED) is 0.898. The van der Waals surface area contributed by atoms with Crippen LogP contribution < -0.4 is 5.32 Å². The van der Waals surface area contributed by atoms with E-state index in [0.29, 0.717) is 5.82 Å². The highest BCUT2D eigenvalue weighted by Crippen LogP contribution is 2.24. The summed E-state index contributed by atoms with van der Waals surface area (Å²) in [7, 11) is 0. The van der Waals surface area contributed by atoms with Crippen molar-refractivity contribution in [2.75, 3.05) is 5.32 Å². The highest BCUT2D eigenvalue weighted by atomic mass is 35.5. The summed E-state index contributed by atoms with van der Waals surface area (Å²) in [6.45, 7) is 1.94. The smallest absolute Gasteiger partial charge is 0.337 e. The number of anilines is 1. The number of carboxylic acid groups (broad SMARTS) is 1. The molecule has 0 saturated carbocycles. The van der Waals surface area contributed by atoms with Crippen molar-refractivity contribution in [2.24, 2.45) is 0 Å². The molecule has 0 amide bonds. The zero-order valence-electron chi connectivity index (χ0n) is 10.2. The molecule has 2 N–H and O–H groups in total. The van der Waals surface area contributed by atoms with Gasteiger partial charge < -0.3 is 10.4 Å². The lowest BCUT2D eigenvalue weighted by molar-refractivity contribution is 0.0696. The molecular weight excluding hydrogens is 266 g/mol. The maximum absolute atomic E-state index is 10.8. The molecule has 0 spiro atoms. The fourth-order valence-electron chi connectivity index (χ4n) is 1.58. The second-order valence-corrected chi connectivity index (χ2v) is 4.42. The SMILES string of the molecule is C[C@H](Nc1ncc(C(=O)O)cc1Cl)c1cccnc1. The Kier molecular flexibility index (Phi) is 3.97. The molecule has 0 radical (unpaired) electrons. The monoisotopic (exact) mass is 277 g/mol. The lowest BCUT2D eigenvalue weighted by Gasteiger charge is -2.15. The van der Waals surface area contributed by atoms with Crippen LogP contribution in [-0.4, -0.2) is 21.0 Å². The van der Waals surface area contributed by atoms with Gasteiger partial charge in [-0.25, -0.2) is 9.78 Å². The van der Waals surface area contributed by atoms with E-state index in [4.69, 9.17) is 16.7 Å². The molecular formula is C13H12ClN3O2. The highest BCUT2D eigenvalue weighted by molar-refractivity contribution is 6.33. The van der Waals surface area contributed by atoms with E-state index in [1.807, 2.05) is 19.1 Å². The number of hydrogen-bond acceptors (Lipinski definition) is 4. The van der Waals surface area contributed by atoms with Gasteiger partial charge in [0.2, 0.25) is 0 Å². The van der Waals surface area contributed by atoms with E-state index >= 15 is 0 Å². The highest BCUT2D eigenvalue weighted by Gasteiger charge is 2.11. The van der Waals surface area contributed by atoms with Gasteiger partial charge in [-0.2, -0.15) is 0 Å². The van der Waals surface area contributed by atoms with Crippen LogP contribution in [0, 0.1) is 0 Å². The van der Waals surface area contributed by atoms with Crippen molar-refractivity contribution in [3.05, 3.63) is 52.9 Å². The van der Waals surface area contributed by atoms with Crippen LogP contribution in [0.5, 0.6) is 0 Å². The molecule has 0 bridgehead atoms. The van der Waals surface area contributed by atoms with Gasteiger partial charge in [0.05, 0.1) is 16.6 Å². The van der Waals surface area contributed by atoms with Crippen molar-refractivity contribution in [3.63, 3.8) is 0 Å². The largest absolute Gasteiger partial charge is 0.478 e. The van der Waals surface area contributed by atoms with Crippen molar-refractivity contribution >= 4 is 23.4 Å². The van der Waals surface area contributed by atoms with Crippen molar-refractivity contribution in [1.82, 2.24) is 9.97 Å². The van der Waals surface area contributed by atoms with E-state index < -0.39 is 5.97 Å². The van der Waals surface area contributed by atoms with Crippen LogP contribution >= 0.6 is 11.6 Å². The van der Waals surface area contributed by atoms with E-state index in [0.717, 1.165) is 5.56 Å². The average molecular weight is 278 g/mol. The molecule has 2 rings (SSSR count). The number of hydrogen-bond donors (Lipinski definition) is 2. The first kappa shape index (κ1) is 13.3. The minimum Gasteiger partial charge on any atom is -0.478 e. The second-order valence-electron chi connectivity index (χ2n) is 4.01. The van der Waals surface area contributed by atoms with E-state index in [9.17, 15) is 4.79 Å². The number of nitrogens with one attached hydrogen (secondary N) is 1. The van der Waals surface area contributed by atoms with Gasteiger partial charge in [0.1, 0.15) is 5.82 Å². The number of pyridine rings is 2. The van der Waals surface area contributed by atoms with Crippen LogP contribution in [-0.2, 0) is 0 Å². The zero-order valence-corrected chi connectivity index (χ0v) is 10.9. The number of aromatic carboxylic acids is 1. The molecule has 19 heavy (non-hydrogen) atoms. The van der Waals surface area contributed by atoms with Crippen molar-refractivity contribution in [2.45, 2.75) is 13.0 Å². The van der Waals surface area contributed by atoms with Gasteiger partial charge in [0.15, 0.2) is 0 Å². The molecule has 98 valence electrons. The van der Waals surface area contributed by atoms with Crippen molar-refractivity contribution in [1.29, 1.82) is 0 Å². The fraction of sp³-hybridized carbons (Fsp3) is 0.154. The molecule has 6 heteroatoms. The summed E-state index contributed by atoms with van der Waals surface area (Å²) < 4.78 is 0. The second kappa shape index (κ2) is 5.67. The molecule has 0 aliphatic carbocycles. The Balaban J connectivity index is 2.18. The lowest BCUT2D eigenvalue weighted by Crippen LogP contribution is -2.09. The predicted molar refractivity (Wildman–Crippen MR) is 72.5 cm³/mol. The maximum Gasteiger partial charge on any atom is 0.337 e. The summed E-state index contributed by atoms with van der Waals surface area (Å²) in [6.07, 6.45) is 4.72. The Labute approximate surface area is 115 Å². The molecule has 0 unspecified atom stereocenters. The summed E-state index contributed by atoms with van der Waals surface area (Å²) >= 11 is 6.00. The van der Waals surface area contributed by atoms with Gasteiger partial charge in [-0.05, 0) is 24.6 Å². The molecule has 0 saturated heterocycles. The summed E-state index contributed by atoms with van der Waals surface area (Å²) in [5, 5.41) is 12.2.